The van der Waals surface area contributed by atoms with E-state index in [-0.39, 0.29) is 0 Å². The number of benzene rings is 1. The molecule has 31 heavy (non-hydrogen) atoms. The molecule has 1 aliphatic heterocycles. The van der Waals surface area contributed by atoms with E-state index in [1.165, 1.54) is 10.4 Å². The molecule has 5 rings (SSSR count). The summed E-state index contributed by atoms with van der Waals surface area (Å²) in [6.07, 6.45) is 7.98. The van der Waals surface area contributed by atoms with Crippen LogP contribution in [0.4, 0.5) is 11.6 Å². The number of hydrogen-bond donors (Lipinski definition) is 2. The highest BCUT2D eigenvalue weighted by Gasteiger charge is 2.19. The molecule has 1 saturated heterocycles. The molecule has 2 N–H and O–H groups in total. The van der Waals surface area contributed by atoms with Gasteiger partial charge in [-0.3, -0.25) is 4.68 Å². The minimum atomic E-state index is 0.445. The van der Waals surface area contributed by atoms with Crippen molar-refractivity contribution in [1.29, 1.82) is 0 Å². The van der Waals surface area contributed by atoms with Crippen LogP contribution in [0, 0.1) is 13.8 Å². The number of piperidine rings is 1. The van der Waals surface area contributed by atoms with E-state index >= 15 is 0 Å². The predicted octanol–water partition coefficient (Wildman–Crippen LogP) is 4.85. The molecule has 0 saturated carbocycles. The van der Waals surface area contributed by atoms with E-state index in [4.69, 9.17) is 9.72 Å². The van der Waals surface area contributed by atoms with Crippen molar-refractivity contribution in [2.24, 2.45) is 0 Å². The average Bonchev–Trinajstić information content (AvgIpc) is 3.38. The van der Waals surface area contributed by atoms with Crippen molar-refractivity contribution in [1.82, 2.24) is 25.1 Å². The van der Waals surface area contributed by atoms with Crippen molar-refractivity contribution < 1.29 is 4.74 Å². The van der Waals surface area contributed by atoms with Crippen LogP contribution in [0.2, 0.25) is 0 Å². The van der Waals surface area contributed by atoms with Crippen LogP contribution in [0.5, 0.6) is 5.75 Å². The molecule has 0 atom stereocenters. The van der Waals surface area contributed by atoms with Gasteiger partial charge < -0.3 is 15.4 Å². The molecule has 0 radical (unpaired) electrons. The van der Waals surface area contributed by atoms with Crippen LogP contribution in [0.15, 0.2) is 36.8 Å². The molecule has 0 bridgehead atoms. The second-order valence-corrected chi connectivity index (χ2v) is 9.21. The Balaban J connectivity index is 1.48. The van der Waals surface area contributed by atoms with Gasteiger partial charge in [-0.05, 0) is 51.4 Å². The van der Waals surface area contributed by atoms with Crippen molar-refractivity contribution in [3.05, 3.63) is 47.2 Å². The van der Waals surface area contributed by atoms with Crippen LogP contribution in [-0.4, -0.2) is 39.9 Å². The summed E-state index contributed by atoms with van der Waals surface area (Å²) in [6, 6.07) is 6.73. The number of aryl methyl sites for hydroxylation is 2. The molecule has 4 aromatic rings. The summed E-state index contributed by atoms with van der Waals surface area (Å²) in [7, 11) is 1.71. The maximum Gasteiger partial charge on any atom is 0.227 e. The first kappa shape index (κ1) is 20.0. The minimum absolute atomic E-state index is 0.445. The van der Waals surface area contributed by atoms with Crippen molar-refractivity contribution in [2.45, 2.75) is 32.7 Å². The topological polar surface area (TPSA) is 76.9 Å². The number of methoxy groups -OCH3 is 1. The number of thiophene rings is 1. The zero-order valence-electron chi connectivity index (χ0n) is 18.0. The zero-order chi connectivity index (χ0) is 21.4. The molecule has 4 heterocycles. The van der Waals surface area contributed by atoms with Gasteiger partial charge in [0, 0.05) is 22.2 Å². The normalized spacial score (nSPS) is 14.8. The SMILES string of the molecule is COc1cc(C)ccc1-c1c(C)sc2cnc(Nc3cnn(C4CCNCC4)c3)nc12. The maximum atomic E-state index is 5.67. The molecule has 0 spiro atoms. The summed E-state index contributed by atoms with van der Waals surface area (Å²) in [4.78, 5) is 10.6. The smallest absolute Gasteiger partial charge is 0.227 e. The first-order chi connectivity index (χ1) is 15.1. The van der Waals surface area contributed by atoms with Gasteiger partial charge >= 0.3 is 0 Å². The zero-order valence-corrected chi connectivity index (χ0v) is 18.8. The van der Waals surface area contributed by atoms with Crippen LogP contribution in [-0.2, 0) is 0 Å². The van der Waals surface area contributed by atoms with Crippen LogP contribution >= 0.6 is 11.3 Å². The number of ether oxygens (including phenoxy) is 1. The highest BCUT2D eigenvalue weighted by molar-refractivity contribution is 7.19. The standard InChI is InChI=1S/C23H26N6OS/c1-14-4-5-18(19(10-14)30-3)21-15(2)31-20-12-25-23(28-22(20)21)27-16-11-26-29(13-16)17-6-8-24-9-7-17/h4-5,10-13,17,24H,6-9H2,1-3H3,(H,25,27,28). The number of fused-ring (bicyclic) bond motifs is 1. The first-order valence-electron chi connectivity index (χ1n) is 10.6. The number of nitrogens with zero attached hydrogens (tertiary/aromatic N) is 4. The lowest BCUT2D eigenvalue weighted by Crippen LogP contribution is -2.29. The van der Waals surface area contributed by atoms with Crippen molar-refractivity contribution in [3.63, 3.8) is 0 Å². The third-order valence-corrected chi connectivity index (χ3v) is 6.80. The van der Waals surface area contributed by atoms with Crippen LogP contribution in [0.1, 0.15) is 29.3 Å². The van der Waals surface area contributed by atoms with Gasteiger partial charge in [0.1, 0.15) is 5.75 Å². The summed E-state index contributed by atoms with van der Waals surface area (Å²) < 4.78 is 8.79. The third kappa shape index (κ3) is 3.88. The Hall–Kier alpha value is -2.97. The Bertz CT molecular complexity index is 1220. The van der Waals surface area contributed by atoms with E-state index in [0.29, 0.717) is 12.0 Å². The van der Waals surface area contributed by atoms with E-state index in [0.717, 1.165) is 58.7 Å². The summed E-state index contributed by atoms with van der Waals surface area (Å²) in [5.41, 5.74) is 5.17. The van der Waals surface area contributed by atoms with Crippen LogP contribution in [0.3, 0.4) is 0 Å². The Morgan fingerprint density at radius 2 is 2.03 bits per heavy atom. The number of rotatable bonds is 5. The van der Waals surface area contributed by atoms with Gasteiger partial charge in [-0.25, -0.2) is 9.97 Å². The average molecular weight is 435 g/mol. The molecule has 1 aromatic carbocycles. The lowest BCUT2D eigenvalue weighted by Gasteiger charge is -2.22. The van der Waals surface area contributed by atoms with Gasteiger partial charge in [0.05, 0.1) is 41.4 Å². The fourth-order valence-electron chi connectivity index (χ4n) is 4.19. The molecular formula is C23H26N6OS. The van der Waals surface area contributed by atoms with Crippen molar-refractivity contribution in [2.75, 3.05) is 25.5 Å². The monoisotopic (exact) mass is 434 g/mol. The fourth-order valence-corrected chi connectivity index (χ4v) is 5.18. The summed E-state index contributed by atoms with van der Waals surface area (Å²) in [5, 5.41) is 11.3. The number of anilines is 2. The highest BCUT2D eigenvalue weighted by Crippen LogP contribution is 2.41. The second kappa shape index (κ2) is 8.28. The molecule has 1 fully saturated rings. The van der Waals surface area contributed by atoms with E-state index in [9.17, 15) is 0 Å². The Morgan fingerprint density at radius 3 is 2.84 bits per heavy atom. The Morgan fingerprint density at radius 1 is 1.19 bits per heavy atom. The number of aromatic nitrogens is 4. The van der Waals surface area contributed by atoms with Crippen molar-refractivity contribution in [3.8, 4) is 16.9 Å². The van der Waals surface area contributed by atoms with Crippen molar-refractivity contribution >= 4 is 33.2 Å². The molecule has 1 aliphatic rings. The summed E-state index contributed by atoms with van der Waals surface area (Å²) >= 11 is 1.70. The fraction of sp³-hybridized carbons (Fsp3) is 0.348. The quantitative estimate of drug-likeness (QED) is 0.468. The second-order valence-electron chi connectivity index (χ2n) is 7.96. The largest absolute Gasteiger partial charge is 0.496 e. The molecule has 0 amide bonds. The van der Waals surface area contributed by atoms with E-state index in [2.05, 4.69) is 57.4 Å². The maximum absolute atomic E-state index is 5.67. The Labute approximate surface area is 185 Å². The number of hydrogen-bond acceptors (Lipinski definition) is 7. The van der Waals surface area contributed by atoms with Gasteiger partial charge in [0.2, 0.25) is 5.95 Å². The lowest BCUT2D eigenvalue weighted by atomic mass is 10.0. The molecule has 0 unspecified atom stereocenters. The Kier molecular flexibility index (Phi) is 5.33. The van der Waals surface area contributed by atoms with Gasteiger partial charge in [-0.1, -0.05) is 12.1 Å². The highest BCUT2D eigenvalue weighted by atomic mass is 32.1. The van der Waals surface area contributed by atoms with Gasteiger partial charge in [-0.15, -0.1) is 11.3 Å². The van der Waals surface area contributed by atoms with E-state index in [1.54, 1.807) is 18.4 Å². The van der Waals surface area contributed by atoms with Gasteiger partial charge in [0.25, 0.3) is 0 Å². The van der Waals surface area contributed by atoms with Crippen LogP contribution < -0.4 is 15.4 Å². The first-order valence-corrected chi connectivity index (χ1v) is 11.4. The summed E-state index contributed by atoms with van der Waals surface area (Å²) in [5.74, 6) is 1.43. The molecule has 160 valence electrons. The third-order valence-electron chi connectivity index (χ3n) is 5.77. The van der Waals surface area contributed by atoms with E-state index < -0.39 is 0 Å². The number of nitrogens with one attached hydrogen (secondary N) is 2. The van der Waals surface area contributed by atoms with E-state index in [1.807, 2.05) is 18.6 Å². The predicted molar refractivity (Wildman–Crippen MR) is 126 cm³/mol. The molecule has 0 aliphatic carbocycles. The van der Waals surface area contributed by atoms with Crippen LogP contribution in [0.25, 0.3) is 21.3 Å². The molecule has 8 heteroatoms. The van der Waals surface area contributed by atoms with Gasteiger partial charge in [-0.2, -0.15) is 5.10 Å². The molecule has 3 aromatic heterocycles. The lowest BCUT2D eigenvalue weighted by molar-refractivity contribution is 0.343. The van der Waals surface area contributed by atoms with Gasteiger partial charge in [0.15, 0.2) is 0 Å². The minimum Gasteiger partial charge on any atom is -0.496 e. The molecular weight excluding hydrogens is 408 g/mol. The molecule has 7 nitrogen and oxygen atoms in total. The summed E-state index contributed by atoms with van der Waals surface area (Å²) in [6.45, 7) is 6.27.